The first-order valence-electron chi connectivity index (χ1n) is 6.56. The van der Waals surface area contributed by atoms with Crippen molar-refractivity contribution in [2.24, 2.45) is 0 Å². The predicted octanol–water partition coefficient (Wildman–Crippen LogP) is 0.971. The fraction of sp³-hybridized carbons (Fsp3) is 0.500. The van der Waals surface area contributed by atoms with Crippen molar-refractivity contribution < 1.29 is 13.2 Å². The molecule has 1 heterocycles. The van der Waals surface area contributed by atoms with E-state index in [9.17, 15) is 13.2 Å². The van der Waals surface area contributed by atoms with Crippen LogP contribution >= 0.6 is 11.6 Å². The minimum absolute atomic E-state index is 0.0844. The number of sulfonamides is 1. The third-order valence-corrected chi connectivity index (χ3v) is 4.12. The summed E-state index contributed by atoms with van der Waals surface area (Å²) >= 11 is 5.99. The second kappa shape index (κ2) is 8.16. The van der Waals surface area contributed by atoms with Gasteiger partial charge in [-0.25, -0.2) is 18.1 Å². The number of hydrogen-bond acceptors (Lipinski definition) is 5. The van der Waals surface area contributed by atoms with E-state index in [1.54, 1.807) is 6.92 Å². The van der Waals surface area contributed by atoms with Crippen molar-refractivity contribution in [3.05, 3.63) is 17.3 Å². The third-order valence-electron chi connectivity index (χ3n) is 2.47. The van der Waals surface area contributed by atoms with E-state index in [1.807, 2.05) is 6.92 Å². The minimum atomic E-state index is -3.82. The third kappa shape index (κ3) is 5.49. The number of pyridine rings is 1. The Bertz CT molecular complexity index is 592. The number of nitrogens with one attached hydrogen (secondary N) is 3. The molecule has 1 aromatic heterocycles. The molecule has 1 amide bonds. The number of rotatable bonds is 8. The van der Waals surface area contributed by atoms with Crippen molar-refractivity contribution in [3.8, 4) is 0 Å². The molecule has 0 aromatic carbocycles. The summed E-state index contributed by atoms with van der Waals surface area (Å²) < 4.78 is 26.2. The van der Waals surface area contributed by atoms with Crippen molar-refractivity contribution in [2.75, 3.05) is 25.0 Å². The molecule has 9 heteroatoms. The molecule has 0 spiro atoms. The standard InChI is InChI=1S/C12H19ClN4O3S/c1-3-5-15-12-10(13)6-9(7-16-12)21(19,20)17-8-11(18)14-4-2/h6-7,17H,3-5,8H2,1-2H3,(H,14,18)(H,15,16). The molecule has 0 unspecified atom stereocenters. The molecule has 0 fully saturated rings. The van der Waals surface area contributed by atoms with E-state index < -0.39 is 15.9 Å². The molecule has 0 saturated heterocycles. The summed E-state index contributed by atoms with van der Waals surface area (Å²) in [7, 11) is -3.82. The molecule has 0 aliphatic heterocycles. The van der Waals surface area contributed by atoms with Crippen LogP contribution in [-0.4, -0.2) is 38.9 Å². The zero-order chi connectivity index (χ0) is 15.9. The molecule has 0 atom stereocenters. The van der Waals surface area contributed by atoms with Crippen LogP contribution in [0.15, 0.2) is 17.2 Å². The Morgan fingerprint density at radius 3 is 2.67 bits per heavy atom. The van der Waals surface area contributed by atoms with Gasteiger partial charge in [-0.2, -0.15) is 0 Å². The molecular formula is C12H19ClN4O3S. The molecule has 0 aliphatic rings. The predicted molar refractivity (Wildman–Crippen MR) is 81.9 cm³/mol. The van der Waals surface area contributed by atoms with E-state index >= 15 is 0 Å². The molecule has 21 heavy (non-hydrogen) atoms. The molecule has 0 radical (unpaired) electrons. The maximum atomic E-state index is 12.0. The van der Waals surface area contributed by atoms with Crippen LogP contribution in [0, 0.1) is 0 Å². The van der Waals surface area contributed by atoms with Gasteiger partial charge in [0.2, 0.25) is 15.9 Å². The van der Waals surface area contributed by atoms with Gasteiger partial charge in [-0.1, -0.05) is 18.5 Å². The van der Waals surface area contributed by atoms with Crippen LogP contribution in [-0.2, 0) is 14.8 Å². The minimum Gasteiger partial charge on any atom is -0.369 e. The fourth-order valence-corrected chi connectivity index (χ4v) is 2.69. The zero-order valence-corrected chi connectivity index (χ0v) is 13.5. The molecule has 3 N–H and O–H groups in total. The summed E-state index contributed by atoms with van der Waals surface area (Å²) in [6.45, 7) is 4.53. The molecule has 0 bridgehead atoms. The summed E-state index contributed by atoms with van der Waals surface area (Å²) in [5.74, 6) is 0.0301. The van der Waals surface area contributed by atoms with Gasteiger partial charge in [0.15, 0.2) is 0 Å². The summed E-state index contributed by atoms with van der Waals surface area (Å²) in [5, 5.41) is 5.69. The van der Waals surface area contributed by atoms with Crippen molar-refractivity contribution in [1.29, 1.82) is 0 Å². The quantitative estimate of drug-likeness (QED) is 0.657. The Morgan fingerprint density at radius 1 is 1.38 bits per heavy atom. The van der Waals surface area contributed by atoms with E-state index in [2.05, 4.69) is 20.3 Å². The molecule has 0 aliphatic carbocycles. The van der Waals surface area contributed by atoms with Gasteiger partial charge in [-0.3, -0.25) is 4.79 Å². The highest BCUT2D eigenvalue weighted by Crippen LogP contribution is 2.22. The zero-order valence-electron chi connectivity index (χ0n) is 11.9. The fourth-order valence-electron chi connectivity index (χ4n) is 1.44. The second-order valence-corrected chi connectivity index (χ2v) is 6.38. The van der Waals surface area contributed by atoms with E-state index in [0.29, 0.717) is 18.9 Å². The first-order chi connectivity index (χ1) is 9.90. The van der Waals surface area contributed by atoms with E-state index in [4.69, 9.17) is 11.6 Å². The molecule has 7 nitrogen and oxygen atoms in total. The van der Waals surface area contributed by atoms with Crippen LogP contribution in [0.4, 0.5) is 5.82 Å². The lowest BCUT2D eigenvalue weighted by Crippen LogP contribution is -2.36. The van der Waals surface area contributed by atoms with Gasteiger partial charge in [0, 0.05) is 19.3 Å². The Balaban J connectivity index is 2.79. The van der Waals surface area contributed by atoms with E-state index in [0.717, 1.165) is 6.42 Å². The Hall–Kier alpha value is -1.38. The molecular weight excluding hydrogens is 316 g/mol. The first kappa shape index (κ1) is 17.7. The van der Waals surface area contributed by atoms with Crippen LogP contribution < -0.4 is 15.4 Å². The number of nitrogens with zero attached hydrogens (tertiary/aromatic N) is 1. The van der Waals surface area contributed by atoms with Gasteiger partial charge >= 0.3 is 0 Å². The summed E-state index contributed by atoms with van der Waals surface area (Å²) in [4.78, 5) is 15.2. The number of likely N-dealkylation sites (N-methyl/N-ethyl adjacent to an activating group) is 1. The Labute approximate surface area is 129 Å². The lowest BCUT2D eigenvalue weighted by Gasteiger charge is -2.09. The highest BCUT2D eigenvalue weighted by Gasteiger charge is 2.17. The van der Waals surface area contributed by atoms with Crippen molar-refractivity contribution in [1.82, 2.24) is 15.0 Å². The number of amides is 1. The summed E-state index contributed by atoms with van der Waals surface area (Å²) in [6, 6.07) is 1.30. The first-order valence-corrected chi connectivity index (χ1v) is 8.42. The summed E-state index contributed by atoms with van der Waals surface area (Å²) in [5.41, 5.74) is 0. The highest BCUT2D eigenvalue weighted by molar-refractivity contribution is 7.89. The van der Waals surface area contributed by atoms with Crippen LogP contribution in [0.5, 0.6) is 0 Å². The summed E-state index contributed by atoms with van der Waals surface area (Å²) in [6.07, 6.45) is 2.09. The van der Waals surface area contributed by atoms with Crippen LogP contribution in [0.3, 0.4) is 0 Å². The number of halogens is 1. The largest absolute Gasteiger partial charge is 0.369 e. The second-order valence-electron chi connectivity index (χ2n) is 4.21. The van der Waals surface area contributed by atoms with Crippen molar-refractivity contribution in [3.63, 3.8) is 0 Å². The maximum Gasteiger partial charge on any atom is 0.242 e. The van der Waals surface area contributed by atoms with Gasteiger partial charge in [0.1, 0.15) is 10.7 Å². The topological polar surface area (TPSA) is 100 Å². The lowest BCUT2D eigenvalue weighted by atomic mass is 10.4. The van der Waals surface area contributed by atoms with Crippen LogP contribution in [0.2, 0.25) is 5.02 Å². The van der Waals surface area contributed by atoms with E-state index in [1.165, 1.54) is 12.3 Å². The maximum absolute atomic E-state index is 12.0. The number of anilines is 1. The van der Waals surface area contributed by atoms with Crippen molar-refractivity contribution >= 4 is 33.3 Å². The van der Waals surface area contributed by atoms with Gasteiger partial charge in [-0.15, -0.1) is 0 Å². The average molecular weight is 335 g/mol. The SMILES string of the molecule is CCCNc1ncc(S(=O)(=O)NCC(=O)NCC)cc1Cl. The molecule has 1 aromatic rings. The van der Waals surface area contributed by atoms with Gasteiger partial charge in [0.25, 0.3) is 0 Å². The van der Waals surface area contributed by atoms with Crippen LogP contribution in [0.25, 0.3) is 0 Å². The normalized spacial score (nSPS) is 11.2. The highest BCUT2D eigenvalue weighted by atomic mass is 35.5. The molecule has 118 valence electrons. The Kier molecular flexibility index (Phi) is 6.86. The van der Waals surface area contributed by atoms with E-state index in [-0.39, 0.29) is 16.5 Å². The molecule has 1 rings (SSSR count). The van der Waals surface area contributed by atoms with Crippen LogP contribution in [0.1, 0.15) is 20.3 Å². The van der Waals surface area contributed by atoms with Gasteiger partial charge < -0.3 is 10.6 Å². The monoisotopic (exact) mass is 334 g/mol. The number of carbonyl (C=O) groups excluding carboxylic acids is 1. The number of hydrogen-bond donors (Lipinski definition) is 3. The Morgan fingerprint density at radius 2 is 2.10 bits per heavy atom. The number of aromatic nitrogens is 1. The lowest BCUT2D eigenvalue weighted by molar-refractivity contribution is -0.119. The average Bonchev–Trinajstić information content (AvgIpc) is 2.44. The van der Waals surface area contributed by atoms with Crippen molar-refractivity contribution in [2.45, 2.75) is 25.2 Å². The smallest absolute Gasteiger partial charge is 0.242 e. The molecule has 0 saturated carbocycles. The van der Waals surface area contributed by atoms with Gasteiger partial charge in [-0.05, 0) is 19.4 Å². The van der Waals surface area contributed by atoms with Gasteiger partial charge in [0.05, 0.1) is 11.6 Å². The number of carbonyl (C=O) groups is 1.